The molecule has 2 heterocycles. The van der Waals surface area contributed by atoms with E-state index >= 15 is 0 Å². The summed E-state index contributed by atoms with van der Waals surface area (Å²) in [4.78, 5) is 27.8. The topological polar surface area (TPSA) is 59.1 Å². The highest BCUT2D eigenvalue weighted by molar-refractivity contribution is 5.95. The number of hydrogen-bond acceptors (Lipinski definition) is 4. The summed E-state index contributed by atoms with van der Waals surface area (Å²) in [6.45, 7) is 5.23. The third-order valence-corrected chi connectivity index (χ3v) is 4.01. The SMILES string of the molecule is CCC(=O)N1CCN(C(=O)c2ccc3c(c2)OCCO3)CC1. The molecule has 0 unspecified atom stereocenters. The molecule has 0 aromatic heterocycles. The number of carbonyl (C=O) groups is 2. The molecule has 22 heavy (non-hydrogen) atoms. The lowest BCUT2D eigenvalue weighted by molar-refractivity contribution is -0.132. The molecule has 0 aliphatic carbocycles. The Labute approximate surface area is 129 Å². The Bertz CT molecular complexity index is 580. The van der Waals surface area contributed by atoms with E-state index in [4.69, 9.17) is 9.47 Å². The molecule has 2 aliphatic rings. The molecule has 2 amide bonds. The van der Waals surface area contributed by atoms with Crippen LogP contribution in [0.25, 0.3) is 0 Å². The Hall–Kier alpha value is -2.24. The van der Waals surface area contributed by atoms with Crippen molar-refractivity contribution in [3.05, 3.63) is 23.8 Å². The lowest BCUT2D eigenvalue weighted by Gasteiger charge is -2.34. The predicted molar refractivity (Wildman–Crippen MR) is 80.2 cm³/mol. The van der Waals surface area contributed by atoms with Gasteiger partial charge in [0, 0.05) is 38.2 Å². The lowest BCUT2D eigenvalue weighted by Crippen LogP contribution is -2.50. The number of nitrogens with zero attached hydrogens (tertiary/aromatic N) is 2. The average molecular weight is 304 g/mol. The fourth-order valence-electron chi connectivity index (χ4n) is 2.74. The molecule has 118 valence electrons. The number of hydrogen-bond donors (Lipinski definition) is 0. The summed E-state index contributed by atoms with van der Waals surface area (Å²) in [7, 11) is 0. The second kappa shape index (κ2) is 6.25. The molecule has 1 fully saturated rings. The van der Waals surface area contributed by atoms with Gasteiger partial charge in [-0.05, 0) is 18.2 Å². The Morgan fingerprint density at radius 3 is 2.32 bits per heavy atom. The van der Waals surface area contributed by atoms with E-state index in [9.17, 15) is 9.59 Å². The number of fused-ring (bicyclic) bond motifs is 1. The number of amides is 2. The van der Waals surface area contributed by atoms with Gasteiger partial charge in [-0.3, -0.25) is 9.59 Å². The van der Waals surface area contributed by atoms with Crippen LogP contribution in [0.4, 0.5) is 0 Å². The molecule has 3 rings (SSSR count). The third kappa shape index (κ3) is 2.86. The van der Waals surface area contributed by atoms with Crippen molar-refractivity contribution in [2.24, 2.45) is 0 Å². The molecule has 2 aliphatic heterocycles. The predicted octanol–water partition coefficient (Wildman–Crippen LogP) is 1.15. The van der Waals surface area contributed by atoms with Gasteiger partial charge in [-0.15, -0.1) is 0 Å². The zero-order valence-electron chi connectivity index (χ0n) is 12.7. The minimum Gasteiger partial charge on any atom is -0.486 e. The van der Waals surface area contributed by atoms with Crippen LogP contribution in [0.1, 0.15) is 23.7 Å². The molecule has 0 N–H and O–H groups in total. The molecule has 0 bridgehead atoms. The zero-order valence-corrected chi connectivity index (χ0v) is 12.7. The zero-order chi connectivity index (χ0) is 15.5. The van der Waals surface area contributed by atoms with Crippen LogP contribution in [0.5, 0.6) is 11.5 Å². The van der Waals surface area contributed by atoms with Crippen LogP contribution < -0.4 is 9.47 Å². The van der Waals surface area contributed by atoms with E-state index in [1.165, 1.54) is 0 Å². The van der Waals surface area contributed by atoms with Crippen LogP contribution in [0.3, 0.4) is 0 Å². The van der Waals surface area contributed by atoms with Crippen molar-refractivity contribution in [3.8, 4) is 11.5 Å². The van der Waals surface area contributed by atoms with Crippen LogP contribution in [0.15, 0.2) is 18.2 Å². The van der Waals surface area contributed by atoms with E-state index in [2.05, 4.69) is 0 Å². The molecule has 6 nitrogen and oxygen atoms in total. The fourth-order valence-corrected chi connectivity index (χ4v) is 2.74. The Balaban J connectivity index is 1.66. The highest BCUT2D eigenvalue weighted by atomic mass is 16.6. The number of ether oxygens (including phenoxy) is 2. The van der Waals surface area contributed by atoms with Crippen molar-refractivity contribution < 1.29 is 19.1 Å². The molecule has 0 spiro atoms. The fraction of sp³-hybridized carbons (Fsp3) is 0.500. The van der Waals surface area contributed by atoms with Crippen LogP contribution >= 0.6 is 0 Å². The first-order valence-electron chi connectivity index (χ1n) is 7.65. The van der Waals surface area contributed by atoms with Crippen LogP contribution in [0.2, 0.25) is 0 Å². The largest absolute Gasteiger partial charge is 0.486 e. The second-order valence-electron chi connectivity index (χ2n) is 5.38. The number of carbonyl (C=O) groups excluding carboxylic acids is 2. The molecular weight excluding hydrogens is 284 g/mol. The quantitative estimate of drug-likeness (QED) is 0.822. The van der Waals surface area contributed by atoms with Gasteiger partial charge in [0.1, 0.15) is 13.2 Å². The lowest BCUT2D eigenvalue weighted by atomic mass is 10.1. The first-order chi connectivity index (χ1) is 10.7. The van der Waals surface area contributed by atoms with Gasteiger partial charge in [-0.2, -0.15) is 0 Å². The van der Waals surface area contributed by atoms with Crippen molar-refractivity contribution in [1.82, 2.24) is 9.80 Å². The number of benzene rings is 1. The highest BCUT2D eigenvalue weighted by Gasteiger charge is 2.25. The number of rotatable bonds is 2. The van der Waals surface area contributed by atoms with Crippen molar-refractivity contribution in [3.63, 3.8) is 0 Å². The molecular formula is C16H20N2O4. The Morgan fingerprint density at radius 2 is 1.64 bits per heavy atom. The minimum absolute atomic E-state index is 0.0272. The van der Waals surface area contributed by atoms with Gasteiger partial charge in [0.05, 0.1) is 0 Å². The molecule has 1 saturated heterocycles. The van der Waals surface area contributed by atoms with Gasteiger partial charge in [0.25, 0.3) is 5.91 Å². The maximum Gasteiger partial charge on any atom is 0.254 e. The van der Waals surface area contributed by atoms with E-state index in [1.807, 2.05) is 11.8 Å². The second-order valence-corrected chi connectivity index (χ2v) is 5.38. The van der Waals surface area contributed by atoms with Gasteiger partial charge in [-0.25, -0.2) is 0 Å². The van der Waals surface area contributed by atoms with E-state index < -0.39 is 0 Å². The maximum atomic E-state index is 12.6. The summed E-state index contributed by atoms with van der Waals surface area (Å²) >= 11 is 0. The van der Waals surface area contributed by atoms with Gasteiger partial charge >= 0.3 is 0 Å². The summed E-state index contributed by atoms with van der Waals surface area (Å²) in [5.74, 6) is 1.42. The first-order valence-corrected chi connectivity index (χ1v) is 7.65. The smallest absolute Gasteiger partial charge is 0.254 e. The molecule has 1 aromatic rings. The molecule has 6 heteroatoms. The highest BCUT2D eigenvalue weighted by Crippen LogP contribution is 2.31. The molecule has 0 radical (unpaired) electrons. The van der Waals surface area contributed by atoms with Crippen LogP contribution in [-0.4, -0.2) is 61.0 Å². The van der Waals surface area contributed by atoms with E-state index in [0.717, 1.165) is 0 Å². The van der Waals surface area contributed by atoms with Gasteiger partial charge in [-0.1, -0.05) is 6.92 Å². The van der Waals surface area contributed by atoms with Crippen molar-refractivity contribution >= 4 is 11.8 Å². The average Bonchev–Trinajstić information content (AvgIpc) is 2.60. The summed E-state index contributed by atoms with van der Waals surface area (Å²) in [6, 6.07) is 5.28. The van der Waals surface area contributed by atoms with Gasteiger partial charge < -0.3 is 19.3 Å². The molecule has 1 aromatic carbocycles. The van der Waals surface area contributed by atoms with Gasteiger partial charge in [0.2, 0.25) is 5.91 Å². The van der Waals surface area contributed by atoms with Gasteiger partial charge in [0.15, 0.2) is 11.5 Å². The van der Waals surface area contributed by atoms with E-state index in [0.29, 0.717) is 62.9 Å². The minimum atomic E-state index is -0.0272. The Morgan fingerprint density at radius 1 is 1.00 bits per heavy atom. The standard InChI is InChI=1S/C16H20N2O4/c1-2-15(19)17-5-7-18(8-6-17)16(20)12-3-4-13-14(11-12)22-10-9-21-13/h3-4,11H,2,5-10H2,1H3. The molecule has 0 saturated carbocycles. The van der Waals surface area contributed by atoms with E-state index in [1.54, 1.807) is 23.1 Å². The summed E-state index contributed by atoms with van der Waals surface area (Å²) in [5.41, 5.74) is 0.597. The third-order valence-electron chi connectivity index (χ3n) is 4.01. The van der Waals surface area contributed by atoms with E-state index in [-0.39, 0.29) is 11.8 Å². The first kappa shape index (κ1) is 14.7. The maximum absolute atomic E-state index is 12.6. The summed E-state index contributed by atoms with van der Waals surface area (Å²) in [6.07, 6.45) is 0.510. The monoisotopic (exact) mass is 304 g/mol. The normalized spacial score (nSPS) is 17.3. The summed E-state index contributed by atoms with van der Waals surface area (Å²) < 4.78 is 11.0. The van der Waals surface area contributed by atoms with Crippen LogP contribution in [-0.2, 0) is 4.79 Å². The van der Waals surface area contributed by atoms with Crippen molar-refractivity contribution in [2.45, 2.75) is 13.3 Å². The number of piperazine rings is 1. The van der Waals surface area contributed by atoms with Crippen LogP contribution in [0, 0.1) is 0 Å². The molecule has 0 atom stereocenters. The van der Waals surface area contributed by atoms with Crippen molar-refractivity contribution in [2.75, 3.05) is 39.4 Å². The van der Waals surface area contributed by atoms with Crippen molar-refractivity contribution in [1.29, 1.82) is 0 Å². The summed E-state index contributed by atoms with van der Waals surface area (Å²) in [5, 5.41) is 0. The Kier molecular flexibility index (Phi) is 4.18.